The van der Waals surface area contributed by atoms with Gasteiger partial charge in [-0.1, -0.05) is 0 Å². The third-order valence-electron chi connectivity index (χ3n) is 1.69. The fourth-order valence-electron chi connectivity index (χ4n) is 0.989. The van der Waals surface area contributed by atoms with Crippen LogP contribution in [0.15, 0.2) is 6.07 Å². The minimum Gasteiger partial charge on any atom is -0.396 e. The van der Waals surface area contributed by atoms with Gasteiger partial charge in [0.15, 0.2) is 0 Å². The molecule has 0 spiro atoms. The van der Waals surface area contributed by atoms with E-state index in [2.05, 4.69) is 4.98 Å². The first kappa shape index (κ1) is 10.3. The van der Waals surface area contributed by atoms with Crippen LogP contribution in [0.4, 0.5) is 14.5 Å². The van der Waals surface area contributed by atoms with E-state index in [9.17, 15) is 8.78 Å². The van der Waals surface area contributed by atoms with E-state index in [1.54, 1.807) is 6.07 Å². The lowest BCUT2D eigenvalue weighted by Gasteiger charge is -2.06. The van der Waals surface area contributed by atoms with Crippen LogP contribution in [-0.4, -0.2) is 4.98 Å². The number of halogens is 2. The molecule has 0 atom stereocenters. The van der Waals surface area contributed by atoms with Crippen LogP contribution in [0.2, 0.25) is 0 Å². The number of nitrogens with two attached hydrogens (primary N) is 2. The van der Waals surface area contributed by atoms with Crippen molar-refractivity contribution < 1.29 is 8.78 Å². The molecular formula is C8H8F2N4. The number of nitriles is 1. The SMILES string of the molecule is N#Cc1cc(C(F)F)nc(CN)c1N. The number of aromatic nitrogens is 1. The van der Waals surface area contributed by atoms with E-state index >= 15 is 0 Å². The van der Waals surface area contributed by atoms with Gasteiger partial charge < -0.3 is 11.5 Å². The molecule has 0 bridgehead atoms. The molecule has 0 saturated heterocycles. The minimum absolute atomic E-state index is 0.0178. The van der Waals surface area contributed by atoms with Crippen molar-refractivity contribution in [2.45, 2.75) is 13.0 Å². The largest absolute Gasteiger partial charge is 0.396 e. The van der Waals surface area contributed by atoms with Crippen molar-refractivity contribution >= 4 is 5.69 Å². The molecule has 4 nitrogen and oxygen atoms in total. The zero-order valence-corrected chi connectivity index (χ0v) is 7.17. The number of pyridine rings is 1. The minimum atomic E-state index is -2.73. The number of hydrogen-bond donors (Lipinski definition) is 2. The van der Waals surface area contributed by atoms with Crippen LogP contribution in [0.5, 0.6) is 0 Å². The summed E-state index contributed by atoms with van der Waals surface area (Å²) in [5, 5.41) is 8.60. The van der Waals surface area contributed by atoms with Gasteiger partial charge in [-0.3, -0.25) is 0 Å². The zero-order valence-electron chi connectivity index (χ0n) is 7.17. The van der Waals surface area contributed by atoms with Crippen LogP contribution in [0.1, 0.15) is 23.4 Å². The lowest BCUT2D eigenvalue weighted by molar-refractivity contribution is 0.146. The Kier molecular flexibility index (Phi) is 2.94. The van der Waals surface area contributed by atoms with Crippen molar-refractivity contribution in [3.63, 3.8) is 0 Å². The van der Waals surface area contributed by atoms with Gasteiger partial charge in [-0.2, -0.15) is 5.26 Å². The normalized spacial score (nSPS) is 10.2. The highest BCUT2D eigenvalue weighted by Crippen LogP contribution is 2.22. The molecule has 0 aliphatic heterocycles. The van der Waals surface area contributed by atoms with E-state index in [1.165, 1.54) is 0 Å². The Bertz CT molecular complexity index is 384. The molecule has 1 aromatic rings. The number of hydrogen-bond acceptors (Lipinski definition) is 4. The van der Waals surface area contributed by atoms with Gasteiger partial charge in [0.25, 0.3) is 6.43 Å². The van der Waals surface area contributed by atoms with Gasteiger partial charge in [0.2, 0.25) is 0 Å². The Morgan fingerprint density at radius 2 is 2.21 bits per heavy atom. The Hall–Kier alpha value is -1.74. The van der Waals surface area contributed by atoms with Crippen LogP contribution in [-0.2, 0) is 6.54 Å². The van der Waals surface area contributed by atoms with Gasteiger partial charge in [0.1, 0.15) is 11.8 Å². The topological polar surface area (TPSA) is 88.7 Å². The van der Waals surface area contributed by atoms with Gasteiger partial charge in [0, 0.05) is 6.54 Å². The van der Waals surface area contributed by atoms with Gasteiger partial charge >= 0.3 is 0 Å². The maximum Gasteiger partial charge on any atom is 0.280 e. The zero-order chi connectivity index (χ0) is 10.7. The summed E-state index contributed by atoms with van der Waals surface area (Å²) in [5.41, 5.74) is 10.4. The standard InChI is InChI=1S/C8H8F2N4/c9-8(10)5-1-4(2-11)7(13)6(3-12)14-5/h1,8H,3,12-13H2. The highest BCUT2D eigenvalue weighted by Gasteiger charge is 2.14. The molecule has 1 rings (SSSR count). The maximum absolute atomic E-state index is 12.3. The number of nitrogen functional groups attached to an aromatic ring is 1. The molecule has 14 heavy (non-hydrogen) atoms. The van der Waals surface area contributed by atoms with E-state index in [-0.39, 0.29) is 23.5 Å². The van der Waals surface area contributed by atoms with Crippen molar-refractivity contribution in [2.24, 2.45) is 5.73 Å². The fourth-order valence-corrected chi connectivity index (χ4v) is 0.989. The van der Waals surface area contributed by atoms with E-state index in [0.717, 1.165) is 6.07 Å². The average Bonchev–Trinajstić information content (AvgIpc) is 2.17. The van der Waals surface area contributed by atoms with Gasteiger partial charge in [-0.25, -0.2) is 13.8 Å². The maximum atomic E-state index is 12.3. The second kappa shape index (κ2) is 3.98. The molecule has 0 radical (unpaired) electrons. The number of anilines is 1. The quantitative estimate of drug-likeness (QED) is 0.739. The Morgan fingerprint density at radius 3 is 2.64 bits per heavy atom. The van der Waals surface area contributed by atoms with Gasteiger partial charge in [-0.05, 0) is 6.07 Å². The fraction of sp³-hybridized carbons (Fsp3) is 0.250. The smallest absolute Gasteiger partial charge is 0.280 e. The third kappa shape index (κ3) is 1.78. The lowest BCUT2D eigenvalue weighted by Crippen LogP contribution is -2.08. The summed E-state index contributed by atoms with van der Waals surface area (Å²) < 4.78 is 24.6. The molecule has 74 valence electrons. The van der Waals surface area contributed by atoms with Crippen molar-refractivity contribution in [1.29, 1.82) is 5.26 Å². The molecule has 0 saturated carbocycles. The summed E-state index contributed by atoms with van der Waals surface area (Å²) in [6, 6.07) is 2.68. The Morgan fingerprint density at radius 1 is 1.57 bits per heavy atom. The molecule has 4 N–H and O–H groups in total. The Balaban J connectivity index is 3.34. The van der Waals surface area contributed by atoms with Crippen molar-refractivity contribution in [3.8, 4) is 6.07 Å². The first-order chi connectivity index (χ1) is 6.60. The van der Waals surface area contributed by atoms with Crippen molar-refractivity contribution in [2.75, 3.05) is 5.73 Å². The summed E-state index contributed by atoms with van der Waals surface area (Å²) in [5.74, 6) is 0. The predicted molar refractivity (Wildman–Crippen MR) is 46.2 cm³/mol. The summed E-state index contributed by atoms with van der Waals surface area (Å²) in [4.78, 5) is 3.55. The van der Waals surface area contributed by atoms with Gasteiger partial charge in [0.05, 0.1) is 16.9 Å². The second-order valence-electron chi connectivity index (χ2n) is 2.57. The van der Waals surface area contributed by atoms with Crippen LogP contribution >= 0.6 is 0 Å². The van der Waals surface area contributed by atoms with E-state index in [1.807, 2.05) is 0 Å². The highest BCUT2D eigenvalue weighted by molar-refractivity contribution is 5.57. The molecule has 1 heterocycles. The van der Waals surface area contributed by atoms with Crippen LogP contribution in [0, 0.1) is 11.3 Å². The monoisotopic (exact) mass is 198 g/mol. The third-order valence-corrected chi connectivity index (χ3v) is 1.69. The van der Waals surface area contributed by atoms with E-state index in [0.29, 0.717) is 0 Å². The predicted octanol–water partition coefficient (Wildman–Crippen LogP) is 0.932. The summed E-state index contributed by atoms with van der Waals surface area (Å²) in [7, 11) is 0. The summed E-state index contributed by atoms with van der Waals surface area (Å²) >= 11 is 0. The summed E-state index contributed by atoms with van der Waals surface area (Å²) in [6.45, 7) is -0.0684. The molecule has 0 aliphatic carbocycles. The lowest BCUT2D eigenvalue weighted by atomic mass is 10.1. The molecular weight excluding hydrogens is 190 g/mol. The molecule has 6 heteroatoms. The molecule has 0 unspecified atom stereocenters. The Labute approximate surface area is 79.1 Å². The molecule has 0 aliphatic rings. The van der Waals surface area contributed by atoms with Gasteiger partial charge in [-0.15, -0.1) is 0 Å². The number of alkyl halides is 2. The van der Waals surface area contributed by atoms with Crippen LogP contribution in [0.3, 0.4) is 0 Å². The van der Waals surface area contributed by atoms with E-state index in [4.69, 9.17) is 16.7 Å². The van der Waals surface area contributed by atoms with Crippen LogP contribution < -0.4 is 11.5 Å². The number of nitrogens with zero attached hydrogens (tertiary/aromatic N) is 2. The first-order valence-corrected chi connectivity index (χ1v) is 3.77. The van der Waals surface area contributed by atoms with Crippen molar-refractivity contribution in [3.05, 3.63) is 23.0 Å². The average molecular weight is 198 g/mol. The molecule has 0 fully saturated rings. The van der Waals surface area contributed by atoms with E-state index < -0.39 is 12.1 Å². The second-order valence-corrected chi connectivity index (χ2v) is 2.57. The summed E-state index contributed by atoms with van der Waals surface area (Å²) in [6.07, 6.45) is -2.73. The molecule has 0 aromatic carbocycles. The molecule has 1 aromatic heterocycles. The van der Waals surface area contributed by atoms with Crippen LogP contribution in [0.25, 0.3) is 0 Å². The highest BCUT2D eigenvalue weighted by atomic mass is 19.3. The first-order valence-electron chi connectivity index (χ1n) is 3.77. The van der Waals surface area contributed by atoms with Crippen molar-refractivity contribution in [1.82, 2.24) is 4.98 Å². The number of rotatable bonds is 2. The molecule has 0 amide bonds.